The molecule has 0 amide bonds. The van der Waals surface area contributed by atoms with Gasteiger partial charge in [-0.15, -0.1) is 0 Å². The average Bonchev–Trinajstić information content (AvgIpc) is 2.81. The van der Waals surface area contributed by atoms with E-state index in [0.29, 0.717) is 11.3 Å². The van der Waals surface area contributed by atoms with Crippen molar-refractivity contribution in [3.63, 3.8) is 0 Å². The molecule has 1 saturated heterocycles. The molecule has 0 aliphatic carbocycles. The Morgan fingerprint density at radius 1 is 1.56 bits per heavy atom. The normalized spacial score (nSPS) is 22.1. The Labute approximate surface area is 94.3 Å². The van der Waals surface area contributed by atoms with Crippen LogP contribution in [0, 0.1) is 5.82 Å². The van der Waals surface area contributed by atoms with Crippen LogP contribution in [0.4, 0.5) is 4.39 Å². The molecule has 1 aliphatic rings. The molecule has 2 rings (SSSR count). The highest BCUT2D eigenvalue weighted by Gasteiger charge is 2.26. The SMILES string of the molecule is COc1ccc(C(N)C2CCCO2)c(F)c1. The largest absolute Gasteiger partial charge is 0.497 e. The van der Waals surface area contributed by atoms with Crippen LogP contribution in [-0.2, 0) is 4.74 Å². The second-order valence-corrected chi connectivity index (χ2v) is 3.96. The van der Waals surface area contributed by atoms with Crippen LogP contribution >= 0.6 is 0 Å². The zero-order chi connectivity index (χ0) is 11.5. The maximum atomic E-state index is 13.7. The molecule has 0 bridgehead atoms. The van der Waals surface area contributed by atoms with E-state index in [9.17, 15) is 4.39 Å². The maximum Gasteiger partial charge on any atom is 0.131 e. The summed E-state index contributed by atoms with van der Waals surface area (Å²) in [6.07, 6.45) is 1.82. The average molecular weight is 225 g/mol. The van der Waals surface area contributed by atoms with Gasteiger partial charge in [-0.1, -0.05) is 6.07 Å². The minimum atomic E-state index is -0.395. The minimum Gasteiger partial charge on any atom is -0.497 e. The number of hydrogen-bond acceptors (Lipinski definition) is 3. The van der Waals surface area contributed by atoms with Crippen molar-refractivity contribution in [3.8, 4) is 5.75 Å². The van der Waals surface area contributed by atoms with Crippen molar-refractivity contribution < 1.29 is 13.9 Å². The second-order valence-electron chi connectivity index (χ2n) is 3.96. The molecule has 3 nitrogen and oxygen atoms in total. The van der Waals surface area contributed by atoms with E-state index in [2.05, 4.69) is 0 Å². The van der Waals surface area contributed by atoms with Crippen LogP contribution in [0.15, 0.2) is 18.2 Å². The highest BCUT2D eigenvalue weighted by atomic mass is 19.1. The number of nitrogens with two attached hydrogens (primary N) is 1. The van der Waals surface area contributed by atoms with Gasteiger partial charge in [0.05, 0.1) is 19.3 Å². The van der Waals surface area contributed by atoms with Gasteiger partial charge in [0.2, 0.25) is 0 Å². The van der Waals surface area contributed by atoms with Gasteiger partial charge in [-0.2, -0.15) is 0 Å². The molecule has 1 aromatic rings. The molecule has 16 heavy (non-hydrogen) atoms. The van der Waals surface area contributed by atoms with Gasteiger partial charge in [0, 0.05) is 18.2 Å². The third kappa shape index (κ3) is 2.18. The Balaban J connectivity index is 2.19. The molecule has 88 valence electrons. The Morgan fingerprint density at radius 3 is 2.94 bits per heavy atom. The van der Waals surface area contributed by atoms with Gasteiger partial charge >= 0.3 is 0 Å². The Morgan fingerprint density at radius 2 is 2.38 bits per heavy atom. The van der Waals surface area contributed by atoms with E-state index in [1.54, 1.807) is 12.1 Å². The highest BCUT2D eigenvalue weighted by Crippen LogP contribution is 2.28. The standard InChI is InChI=1S/C12H16FNO2/c1-15-8-4-5-9(10(13)7-8)12(14)11-3-2-6-16-11/h4-5,7,11-12H,2-3,6,14H2,1H3. The van der Waals surface area contributed by atoms with Gasteiger partial charge in [0.25, 0.3) is 0 Å². The van der Waals surface area contributed by atoms with Gasteiger partial charge in [-0.05, 0) is 18.9 Å². The number of hydrogen-bond donors (Lipinski definition) is 1. The first-order valence-electron chi connectivity index (χ1n) is 5.43. The summed E-state index contributed by atoms with van der Waals surface area (Å²) in [6.45, 7) is 0.718. The van der Waals surface area contributed by atoms with E-state index >= 15 is 0 Å². The molecule has 2 N–H and O–H groups in total. The lowest BCUT2D eigenvalue weighted by atomic mass is 10.00. The van der Waals surface area contributed by atoms with Gasteiger partial charge in [-0.3, -0.25) is 0 Å². The molecule has 1 aromatic carbocycles. The third-order valence-corrected chi connectivity index (χ3v) is 2.93. The van der Waals surface area contributed by atoms with E-state index in [-0.39, 0.29) is 11.9 Å². The van der Waals surface area contributed by atoms with Crippen LogP contribution in [0.3, 0.4) is 0 Å². The van der Waals surface area contributed by atoms with Crippen LogP contribution < -0.4 is 10.5 Å². The first-order valence-corrected chi connectivity index (χ1v) is 5.43. The summed E-state index contributed by atoms with van der Waals surface area (Å²) in [5.41, 5.74) is 6.48. The van der Waals surface area contributed by atoms with Gasteiger partial charge in [0.15, 0.2) is 0 Å². The predicted molar refractivity (Wildman–Crippen MR) is 58.9 cm³/mol. The van der Waals surface area contributed by atoms with Crippen LogP contribution in [0.25, 0.3) is 0 Å². The molecule has 2 atom stereocenters. The number of methoxy groups -OCH3 is 1. The summed E-state index contributed by atoms with van der Waals surface area (Å²) in [6, 6.07) is 4.34. The molecular formula is C12H16FNO2. The van der Waals surface area contributed by atoms with Gasteiger partial charge in [-0.25, -0.2) is 4.39 Å². The first kappa shape index (κ1) is 11.4. The summed E-state index contributed by atoms with van der Waals surface area (Å²) in [5.74, 6) is 0.170. The lowest BCUT2D eigenvalue weighted by Gasteiger charge is -2.19. The molecule has 0 saturated carbocycles. The highest BCUT2D eigenvalue weighted by molar-refractivity contribution is 5.31. The van der Waals surface area contributed by atoms with Crippen molar-refractivity contribution in [2.45, 2.75) is 25.0 Å². The second kappa shape index (κ2) is 4.80. The molecule has 0 aromatic heterocycles. The predicted octanol–water partition coefficient (Wildman–Crippen LogP) is 2.01. The maximum absolute atomic E-state index is 13.7. The zero-order valence-corrected chi connectivity index (χ0v) is 9.28. The summed E-state index contributed by atoms with van der Waals surface area (Å²) in [5, 5.41) is 0. The van der Waals surface area contributed by atoms with Gasteiger partial charge in [0.1, 0.15) is 11.6 Å². The molecular weight excluding hydrogens is 209 g/mol. The minimum absolute atomic E-state index is 0.0668. The van der Waals surface area contributed by atoms with Crippen molar-refractivity contribution in [2.75, 3.05) is 13.7 Å². The van der Waals surface area contributed by atoms with E-state index in [0.717, 1.165) is 19.4 Å². The molecule has 0 radical (unpaired) electrons. The number of ether oxygens (including phenoxy) is 2. The Hall–Kier alpha value is -1.13. The number of benzene rings is 1. The number of rotatable bonds is 3. The molecule has 0 spiro atoms. The van der Waals surface area contributed by atoms with Crippen molar-refractivity contribution in [1.82, 2.24) is 0 Å². The van der Waals surface area contributed by atoms with E-state index in [4.69, 9.17) is 15.2 Å². The van der Waals surface area contributed by atoms with E-state index in [1.807, 2.05) is 0 Å². The first-order chi connectivity index (χ1) is 7.72. The zero-order valence-electron chi connectivity index (χ0n) is 9.28. The fourth-order valence-corrected chi connectivity index (χ4v) is 1.99. The summed E-state index contributed by atoms with van der Waals surface area (Å²) < 4.78 is 24.1. The van der Waals surface area contributed by atoms with Crippen LogP contribution in [-0.4, -0.2) is 19.8 Å². The van der Waals surface area contributed by atoms with E-state index in [1.165, 1.54) is 13.2 Å². The fourth-order valence-electron chi connectivity index (χ4n) is 1.99. The quantitative estimate of drug-likeness (QED) is 0.855. The summed E-state index contributed by atoms with van der Waals surface area (Å²) in [4.78, 5) is 0. The van der Waals surface area contributed by atoms with Gasteiger partial charge < -0.3 is 15.2 Å². The van der Waals surface area contributed by atoms with Crippen LogP contribution in [0.1, 0.15) is 24.4 Å². The Kier molecular flexibility index (Phi) is 3.41. The van der Waals surface area contributed by atoms with E-state index < -0.39 is 6.04 Å². The smallest absolute Gasteiger partial charge is 0.131 e. The molecule has 1 heterocycles. The van der Waals surface area contributed by atoms with Crippen molar-refractivity contribution in [3.05, 3.63) is 29.6 Å². The summed E-state index contributed by atoms with van der Waals surface area (Å²) in [7, 11) is 1.51. The third-order valence-electron chi connectivity index (χ3n) is 2.93. The molecule has 1 fully saturated rings. The van der Waals surface area contributed by atoms with Crippen LogP contribution in [0.2, 0.25) is 0 Å². The summed E-state index contributed by atoms with van der Waals surface area (Å²) >= 11 is 0. The van der Waals surface area contributed by atoms with Crippen molar-refractivity contribution in [2.24, 2.45) is 5.73 Å². The van der Waals surface area contributed by atoms with Crippen molar-refractivity contribution >= 4 is 0 Å². The van der Waals surface area contributed by atoms with Crippen molar-refractivity contribution in [1.29, 1.82) is 0 Å². The number of halogens is 1. The lowest BCUT2D eigenvalue weighted by Crippen LogP contribution is -2.26. The lowest BCUT2D eigenvalue weighted by molar-refractivity contribution is 0.0890. The molecule has 4 heteroatoms. The fraction of sp³-hybridized carbons (Fsp3) is 0.500. The topological polar surface area (TPSA) is 44.5 Å². The van der Waals surface area contributed by atoms with Crippen LogP contribution in [0.5, 0.6) is 5.75 Å². The monoisotopic (exact) mass is 225 g/mol. The molecule has 1 aliphatic heterocycles. The Bertz CT molecular complexity index is 364. The molecule has 2 unspecified atom stereocenters.